The molecule has 1 fully saturated rings. The zero-order valence-electron chi connectivity index (χ0n) is 18.5. The number of anilines is 1. The van der Waals surface area contributed by atoms with E-state index in [-0.39, 0.29) is 17.5 Å². The third-order valence-corrected chi connectivity index (χ3v) is 6.74. The lowest BCUT2D eigenvalue weighted by Crippen LogP contribution is -2.50. The number of aryl methyl sites for hydroxylation is 1. The summed E-state index contributed by atoms with van der Waals surface area (Å²) in [7, 11) is -1.26. The average molecular weight is 447 g/mol. The van der Waals surface area contributed by atoms with E-state index in [1.807, 2.05) is 12.1 Å². The van der Waals surface area contributed by atoms with Gasteiger partial charge in [-0.25, -0.2) is 4.39 Å². The third-order valence-electron chi connectivity index (χ3n) is 5.55. The number of rotatable bonds is 8. The summed E-state index contributed by atoms with van der Waals surface area (Å²) < 4.78 is 31.2. The Morgan fingerprint density at radius 2 is 1.77 bits per heavy atom. The fourth-order valence-corrected chi connectivity index (χ4v) is 4.68. The van der Waals surface area contributed by atoms with Crippen molar-refractivity contribution in [2.75, 3.05) is 49.2 Å². The topological polar surface area (TPSA) is 49.9 Å². The molecular weight excluding hydrogens is 415 g/mol. The van der Waals surface area contributed by atoms with Gasteiger partial charge in [-0.1, -0.05) is 19.9 Å². The molecule has 1 heterocycles. The molecule has 1 unspecified atom stereocenters. The first-order valence-corrected chi connectivity index (χ1v) is 12.2. The maximum Gasteiger partial charge on any atom is 0.235 e. The Balaban J connectivity index is 1.39. The molecule has 0 aromatic heterocycles. The van der Waals surface area contributed by atoms with Crippen molar-refractivity contribution < 1.29 is 18.1 Å². The van der Waals surface area contributed by atoms with E-state index in [2.05, 4.69) is 31.7 Å². The molecule has 3 rings (SSSR count). The molecule has 1 aliphatic rings. The minimum atomic E-state index is -1.26. The molecule has 31 heavy (non-hydrogen) atoms. The van der Waals surface area contributed by atoms with Crippen molar-refractivity contribution in [1.82, 2.24) is 4.90 Å². The highest BCUT2D eigenvalue weighted by Gasteiger charge is 2.22. The fourth-order valence-electron chi connectivity index (χ4n) is 3.81. The summed E-state index contributed by atoms with van der Waals surface area (Å²) in [6, 6.07) is 12.4. The van der Waals surface area contributed by atoms with Gasteiger partial charge in [0.15, 0.2) is 0 Å². The van der Waals surface area contributed by atoms with E-state index in [9.17, 15) is 13.4 Å². The molecule has 0 spiro atoms. The van der Waals surface area contributed by atoms with E-state index in [0.717, 1.165) is 11.4 Å². The first-order valence-electron chi connectivity index (χ1n) is 10.7. The summed E-state index contributed by atoms with van der Waals surface area (Å²) >= 11 is 0. The predicted molar refractivity (Wildman–Crippen MR) is 124 cm³/mol. The number of benzene rings is 2. The monoisotopic (exact) mass is 446 g/mol. The largest absolute Gasteiger partial charge is 0.493 e. The minimum Gasteiger partial charge on any atom is -0.493 e. The second-order valence-electron chi connectivity index (χ2n) is 8.15. The number of amides is 1. The van der Waals surface area contributed by atoms with Crippen LogP contribution >= 0.6 is 0 Å². The number of hydrogen-bond acceptors (Lipinski definition) is 4. The van der Waals surface area contributed by atoms with Crippen molar-refractivity contribution in [3.63, 3.8) is 0 Å². The number of piperazine rings is 1. The van der Waals surface area contributed by atoms with Crippen LogP contribution in [0.25, 0.3) is 0 Å². The zero-order valence-corrected chi connectivity index (χ0v) is 19.3. The molecule has 168 valence electrons. The van der Waals surface area contributed by atoms with Gasteiger partial charge in [0, 0.05) is 42.7 Å². The summed E-state index contributed by atoms with van der Waals surface area (Å²) in [6.07, 6.45) is 0. The normalized spacial score (nSPS) is 15.3. The molecule has 0 aliphatic carbocycles. The Kier molecular flexibility index (Phi) is 8.07. The van der Waals surface area contributed by atoms with Crippen molar-refractivity contribution >= 4 is 22.4 Å². The van der Waals surface area contributed by atoms with Crippen LogP contribution in [0, 0.1) is 12.7 Å². The van der Waals surface area contributed by atoms with Crippen LogP contribution in [-0.2, 0) is 15.6 Å². The highest BCUT2D eigenvalue weighted by molar-refractivity contribution is 7.85. The molecule has 1 amide bonds. The van der Waals surface area contributed by atoms with E-state index < -0.39 is 10.8 Å². The molecule has 0 radical (unpaired) electrons. The quantitative estimate of drug-likeness (QED) is 0.620. The van der Waals surface area contributed by atoms with Crippen molar-refractivity contribution in [1.29, 1.82) is 0 Å². The van der Waals surface area contributed by atoms with Gasteiger partial charge in [0.1, 0.15) is 17.3 Å². The number of hydrogen-bond donors (Lipinski definition) is 0. The van der Waals surface area contributed by atoms with Crippen molar-refractivity contribution in [2.24, 2.45) is 0 Å². The number of ether oxygens (including phenoxy) is 1. The number of carbonyl (C=O) groups excluding carboxylic acids is 1. The molecule has 0 N–H and O–H groups in total. The Labute approximate surface area is 186 Å². The van der Waals surface area contributed by atoms with E-state index in [1.165, 1.54) is 23.3 Å². The van der Waals surface area contributed by atoms with Crippen molar-refractivity contribution in [3.05, 3.63) is 59.4 Å². The lowest BCUT2D eigenvalue weighted by Gasteiger charge is -2.36. The minimum absolute atomic E-state index is 0.0191. The van der Waals surface area contributed by atoms with Crippen LogP contribution in [0.2, 0.25) is 0 Å². The molecule has 0 bridgehead atoms. The smallest absolute Gasteiger partial charge is 0.235 e. The van der Waals surface area contributed by atoms with Gasteiger partial charge in [0.25, 0.3) is 0 Å². The second-order valence-corrected chi connectivity index (χ2v) is 9.73. The molecule has 0 saturated carbocycles. The van der Waals surface area contributed by atoms with Crippen LogP contribution < -0.4 is 9.64 Å². The highest BCUT2D eigenvalue weighted by atomic mass is 32.2. The van der Waals surface area contributed by atoms with Gasteiger partial charge in [0.05, 0.1) is 12.4 Å². The van der Waals surface area contributed by atoms with Gasteiger partial charge in [0.2, 0.25) is 5.91 Å². The number of nitrogens with zero attached hydrogens (tertiary/aromatic N) is 2. The van der Waals surface area contributed by atoms with Crippen LogP contribution in [0.1, 0.15) is 30.9 Å². The highest BCUT2D eigenvalue weighted by Crippen LogP contribution is 2.23. The molecular formula is C24H31FN2O3S. The molecule has 1 aliphatic heterocycles. The lowest BCUT2D eigenvalue weighted by molar-refractivity contribution is -0.128. The van der Waals surface area contributed by atoms with Crippen molar-refractivity contribution in [3.8, 4) is 5.75 Å². The van der Waals surface area contributed by atoms with Crippen LogP contribution in [0.15, 0.2) is 42.5 Å². The van der Waals surface area contributed by atoms with Gasteiger partial charge in [-0.3, -0.25) is 9.00 Å². The molecule has 2 aromatic rings. The second kappa shape index (κ2) is 10.8. The summed E-state index contributed by atoms with van der Waals surface area (Å²) in [4.78, 5) is 16.4. The first kappa shape index (κ1) is 23.3. The Bertz CT molecular complexity index is 910. The molecule has 7 heteroatoms. The fraction of sp³-hybridized carbons (Fsp3) is 0.458. The number of halogens is 1. The Hall–Kier alpha value is -2.41. The van der Waals surface area contributed by atoms with E-state index >= 15 is 0 Å². The first-order chi connectivity index (χ1) is 14.8. The van der Waals surface area contributed by atoms with Crippen LogP contribution in [0.4, 0.5) is 10.1 Å². The zero-order chi connectivity index (χ0) is 22.4. The van der Waals surface area contributed by atoms with E-state index in [4.69, 9.17) is 4.74 Å². The molecule has 1 saturated heterocycles. The molecule has 5 nitrogen and oxygen atoms in total. The lowest BCUT2D eigenvalue weighted by atomic mass is 9.98. The van der Waals surface area contributed by atoms with E-state index in [0.29, 0.717) is 44.5 Å². The predicted octanol–water partition coefficient (Wildman–Crippen LogP) is 3.73. The Morgan fingerprint density at radius 3 is 2.39 bits per heavy atom. The van der Waals surface area contributed by atoms with Crippen molar-refractivity contribution in [2.45, 2.75) is 26.7 Å². The summed E-state index contributed by atoms with van der Waals surface area (Å²) in [5.41, 5.74) is 3.43. The third kappa shape index (κ3) is 6.53. The van der Waals surface area contributed by atoms with Gasteiger partial charge in [-0.15, -0.1) is 0 Å². The van der Waals surface area contributed by atoms with E-state index in [1.54, 1.807) is 17.0 Å². The van der Waals surface area contributed by atoms with Gasteiger partial charge in [-0.2, -0.15) is 0 Å². The maximum atomic E-state index is 13.1. The van der Waals surface area contributed by atoms with Crippen LogP contribution in [0.3, 0.4) is 0 Å². The SMILES string of the molecule is Cc1cc(OCCS(=O)CC(=O)N2CCN(c3ccc(F)cc3)CC2)ccc1C(C)C. The molecule has 1 atom stereocenters. The van der Waals surface area contributed by atoms with Gasteiger partial charge >= 0.3 is 0 Å². The van der Waals surface area contributed by atoms with Crippen LogP contribution in [-0.4, -0.2) is 59.3 Å². The summed E-state index contributed by atoms with van der Waals surface area (Å²) in [5.74, 6) is 1.23. The summed E-state index contributed by atoms with van der Waals surface area (Å²) in [6.45, 7) is 9.21. The molecule has 2 aromatic carbocycles. The Morgan fingerprint density at radius 1 is 1.10 bits per heavy atom. The standard InChI is InChI=1S/C24H31FN2O3S/c1-18(2)23-9-8-22(16-19(23)3)30-14-15-31(29)17-24(28)27-12-10-26(11-13-27)21-6-4-20(25)5-7-21/h4-9,16,18H,10-15,17H2,1-3H3. The van der Waals surface area contributed by atoms with Crippen LogP contribution in [0.5, 0.6) is 5.75 Å². The van der Waals surface area contributed by atoms with Gasteiger partial charge < -0.3 is 14.5 Å². The van der Waals surface area contributed by atoms with Gasteiger partial charge in [-0.05, 0) is 60.4 Å². The summed E-state index contributed by atoms with van der Waals surface area (Å²) in [5, 5.41) is 0. The average Bonchev–Trinajstić information content (AvgIpc) is 2.74. The maximum absolute atomic E-state index is 13.1. The number of carbonyl (C=O) groups is 1.